The van der Waals surface area contributed by atoms with Gasteiger partial charge in [0.05, 0.1) is 13.7 Å². The summed E-state index contributed by atoms with van der Waals surface area (Å²) in [6, 6.07) is 12.2. The van der Waals surface area contributed by atoms with E-state index in [9.17, 15) is 9.59 Å². The number of nitrogens with zero attached hydrogens (tertiary/aromatic N) is 1. The second kappa shape index (κ2) is 9.47. The van der Waals surface area contributed by atoms with Crippen LogP contribution >= 0.6 is 0 Å². The third-order valence-electron chi connectivity index (χ3n) is 3.77. The van der Waals surface area contributed by atoms with Crippen LogP contribution in [0.4, 0.5) is 0 Å². The number of amides is 1. The molecule has 0 radical (unpaired) electrons. The fraction of sp³-hybridized carbons (Fsp3) is 0.300. The number of hydrogen-bond donors (Lipinski definition) is 1. The Balaban J connectivity index is 2.13. The molecule has 0 bridgehead atoms. The van der Waals surface area contributed by atoms with Crippen LogP contribution in [0.25, 0.3) is 0 Å². The molecule has 27 heavy (non-hydrogen) atoms. The van der Waals surface area contributed by atoms with Crippen molar-refractivity contribution in [3.63, 3.8) is 0 Å². The Morgan fingerprint density at radius 2 is 1.74 bits per heavy atom. The second-order valence-electron chi connectivity index (χ2n) is 5.79. The van der Waals surface area contributed by atoms with Crippen LogP contribution in [0.2, 0.25) is 0 Å². The minimum Gasteiger partial charge on any atom is -0.497 e. The van der Waals surface area contributed by atoms with Gasteiger partial charge in [-0.2, -0.15) is 0 Å². The number of rotatable bonds is 9. The third-order valence-corrected chi connectivity index (χ3v) is 3.77. The number of benzene rings is 2. The van der Waals surface area contributed by atoms with Gasteiger partial charge >= 0.3 is 5.97 Å². The van der Waals surface area contributed by atoms with E-state index >= 15 is 0 Å². The quantitative estimate of drug-likeness (QED) is 0.727. The van der Waals surface area contributed by atoms with E-state index in [1.165, 1.54) is 0 Å². The number of carbonyl (C=O) groups excluding carboxylic acids is 1. The molecule has 0 heterocycles. The van der Waals surface area contributed by atoms with E-state index in [1.807, 2.05) is 24.3 Å². The molecule has 7 nitrogen and oxygen atoms in total. The number of carboxylic acids is 1. The zero-order valence-electron chi connectivity index (χ0n) is 15.6. The topological polar surface area (TPSA) is 85.3 Å². The molecule has 0 aliphatic heterocycles. The molecule has 1 N–H and O–H groups in total. The van der Waals surface area contributed by atoms with E-state index in [0.717, 1.165) is 11.3 Å². The highest BCUT2D eigenvalue weighted by atomic mass is 16.5. The van der Waals surface area contributed by atoms with Crippen LogP contribution in [-0.4, -0.2) is 49.3 Å². The summed E-state index contributed by atoms with van der Waals surface area (Å²) in [6.07, 6.45) is 0. The number of methoxy groups -OCH3 is 1. The van der Waals surface area contributed by atoms with Gasteiger partial charge in [-0.1, -0.05) is 12.1 Å². The maximum Gasteiger partial charge on any atom is 0.341 e. The summed E-state index contributed by atoms with van der Waals surface area (Å²) in [7, 11) is 3.31. The average molecular weight is 373 g/mol. The van der Waals surface area contributed by atoms with Gasteiger partial charge in [0.25, 0.3) is 5.91 Å². The summed E-state index contributed by atoms with van der Waals surface area (Å²) >= 11 is 0. The fourth-order valence-electron chi connectivity index (χ4n) is 2.47. The first-order chi connectivity index (χ1) is 12.9. The normalized spacial score (nSPS) is 10.2. The molecular weight excluding hydrogens is 350 g/mol. The predicted octanol–water partition coefficient (Wildman–Crippen LogP) is 2.83. The SMILES string of the molecule is CCOc1cc(C(=O)N(C)Cc2ccc(OC)cc2)ccc1OCC(=O)O. The lowest BCUT2D eigenvalue weighted by molar-refractivity contribution is -0.139. The van der Waals surface area contributed by atoms with Gasteiger partial charge in [0.1, 0.15) is 5.75 Å². The second-order valence-corrected chi connectivity index (χ2v) is 5.79. The molecule has 144 valence electrons. The van der Waals surface area contributed by atoms with E-state index in [1.54, 1.807) is 44.2 Å². The lowest BCUT2D eigenvalue weighted by atomic mass is 10.1. The predicted molar refractivity (Wildman–Crippen MR) is 99.5 cm³/mol. The van der Waals surface area contributed by atoms with Crippen molar-refractivity contribution in [2.75, 3.05) is 27.4 Å². The van der Waals surface area contributed by atoms with E-state index in [2.05, 4.69) is 0 Å². The van der Waals surface area contributed by atoms with Crippen LogP contribution in [0.5, 0.6) is 17.2 Å². The fourth-order valence-corrected chi connectivity index (χ4v) is 2.47. The summed E-state index contributed by atoms with van der Waals surface area (Å²) in [4.78, 5) is 25.0. The van der Waals surface area contributed by atoms with Crippen molar-refractivity contribution < 1.29 is 28.9 Å². The molecule has 2 rings (SSSR count). The Morgan fingerprint density at radius 1 is 1.04 bits per heavy atom. The van der Waals surface area contributed by atoms with Crippen molar-refractivity contribution in [3.05, 3.63) is 53.6 Å². The molecular formula is C20H23NO6. The maximum atomic E-state index is 12.7. The average Bonchev–Trinajstić information content (AvgIpc) is 2.67. The van der Waals surface area contributed by atoms with Crippen molar-refractivity contribution in [1.29, 1.82) is 0 Å². The van der Waals surface area contributed by atoms with Crippen LogP contribution in [0.3, 0.4) is 0 Å². The maximum absolute atomic E-state index is 12.7. The lowest BCUT2D eigenvalue weighted by Gasteiger charge is -2.19. The van der Waals surface area contributed by atoms with Gasteiger partial charge < -0.3 is 24.2 Å². The molecule has 0 saturated carbocycles. The van der Waals surface area contributed by atoms with E-state index in [4.69, 9.17) is 19.3 Å². The molecule has 2 aromatic rings. The van der Waals surface area contributed by atoms with E-state index in [0.29, 0.717) is 24.5 Å². The summed E-state index contributed by atoms with van der Waals surface area (Å²) in [6.45, 7) is 2.11. The molecule has 0 aliphatic rings. The molecule has 0 atom stereocenters. The Kier molecular flexibility index (Phi) is 7.05. The number of hydrogen-bond acceptors (Lipinski definition) is 5. The van der Waals surface area contributed by atoms with Crippen molar-refractivity contribution in [2.24, 2.45) is 0 Å². The minimum absolute atomic E-state index is 0.184. The zero-order chi connectivity index (χ0) is 19.8. The lowest BCUT2D eigenvalue weighted by Crippen LogP contribution is -2.26. The van der Waals surface area contributed by atoms with Crippen LogP contribution < -0.4 is 14.2 Å². The Bertz CT molecular complexity index is 788. The first-order valence-electron chi connectivity index (χ1n) is 8.44. The molecule has 0 aliphatic carbocycles. The van der Waals surface area contributed by atoms with Gasteiger partial charge in [-0.3, -0.25) is 4.79 Å². The van der Waals surface area contributed by atoms with Crippen LogP contribution in [0, 0.1) is 0 Å². The number of aliphatic carboxylic acids is 1. The molecule has 0 aromatic heterocycles. The van der Waals surface area contributed by atoms with Crippen molar-refractivity contribution in [1.82, 2.24) is 4.90 Å². The van der Waals surface area contributed by atoms with Gasteiger partial charge in [0, 0.05) is 19.2 Å². The highest BCUT2D eigenvalue weighted by Gasteiger charge is 2.16. The molecule has 0 fully saturated rings. The van der Waals surface area contributed by atoms with Gasteiger partial charge in [-0.25, -0.2) is 4.79 Å². The monoisotopic (exact) mass is 373 g/mol. The number of carboxylic acid groups (broad SMARTS) is 1. The Hall–Kier alpha value is -3.22. The number of ether oxygens (including phenoxy) is 3. The molecule has 2 aromatic carbocycles. The first kappa shape index (κ1) is 20.1. The summed E-state index contributed by atoms with van der Waals surface area (Å²) in [5.41, 5.74) is 1.40. The molecule has 0 saturated heterocycles. The Morgan fingerprint density at radius 3 is 2.33 bits per heavy atom. The smallest absolute Gasteiger partial charge is 0.341 e. The van der Waals surface area contributed by atoms with Crippen molar-refractivity contribution >= 4 is 11.9 Å². The van der Waals surface area contributed by atoms with Crippen molar-refractivity contribution in [2.45, 2.75) is 13.5 Å². The largest absolute Gasteiger partial charge is 0.497 e. The van der Waals surface area contributed by atoms with E-state index in [-0.39, 0.29) is 11.7 Å². The zero-order valence-corrected chi connectivity index (χ0v) is 15.6. The summed E-state index contributed by atoms with van der Waals surface area (Å²) < 4.78 is 15.8. The Labute approximate surface area is 158 Å². The van der Waals surface area contributed by atoms with Gasteiger partial charge in [-0.05, 0) is 42.8 Å². The molecule has 0 unspecified atom stereocenters. The number of carbonyl (C=O) groups is 2. The van der Waals surface area contributed by atoms with Gasteiger partial charge in [0.2, 0.25) is 0 Å². The first-order valence-corrected chi connectivity index (χ1v) is 8.44. The summed E-state index contributed by atoms with van der Waals surface area (Å²) in [5.74, 6) is 0.107. The molecule has 0 spiro atoms. The van der Waals surface area contributed by atoms with Crippen molar-refractivity contribution in [3.8, 4) is 17.2 Å². The van der Waals surface area contributed by atoms with Crippen LogP contribution in [0.1, 0.15) is 22.8 Å². The van der Waals surface area contributed by atoms with E-state index < -0.39 is 12.6 Å². The third kappa shape index (κ3) is 5.64. The minimum atomic E-state index is -1.09. The highest BCUT2D eigenvalue weighted by Crippen LogP contribution is 2.29. The summed E-state index contributed by atoms with van der Waals surface area (Å²) in [5, 5.41) is 8.75. The van der Waals surface area contributed by atoms with Gasteiger partial charge in [0.15, 0.2) is 18.1 Å². The standard InChI is InChI=1S/C20H23NO6/c1-4-26-18-11-15(7-10-17(18)27-13-19(22)23)20(24)21(2)12-14-5-8-16(25-3)9-6-14/h5-11H,4,12-13H2,1-3H3,(H,22,23). The highest BCUT2D eigenvalue weighted by molar-refractivity contribution is 5.94. The van der Waals surface area contributed by atoms with Crippen LogP contribution in [-0.2, 0) is 11.3 Å². The molecule has 7 heteroatoms. The van der Waals surface area contributed by atoms with Crippen LogP contribution in [0.15, 0.2) is 42.5 Å². The molecule has 1 amide bonds. The van der Waals surface area contributed by atoms with Gasteiger partial charge in [-0.15, -0.1) is 0 Å².